The minimum Gasteiger partial charge on any atom is -0.0925 e. The summed E-state index contributed by atoms with van der Waals surface area (Å²) in [6.07, 6.45) is 17.5. The Morgan fingerprint density at radius 3 is 2.72 bits per heavy atom. The van der Waals surface area contributed by atoms with Crippen molar-refractivity contribution in [2.75, 3.05) is 5.33 Å². The Morgan fingerprint density at radius 1 is 1.10 bits per heavy atom. The number of hydrogen-bond donors (Lipinski definition) is 0. The van der Waals surface area contributed by atoms with Crippen LogP contribution in [0.1, 0.15) is 49.3 Å². The highest BCUT2D eigenvalue weighted by atomic mass is 79.9. The minimum atomic E-state index is 0.363. The molecular formula is C28H29Br. The summed E-state index contributed by atoms with van der Waals surface area (Å²) in [6.45, 7) is 8.74. The van der Waals surface area contributed by atoms with Gasteiger partial charge >= 0.3 is 0 Å². The van der Waals surface area contributed by atoms with Crippen LogP contribution in [0.3, 0.4) is 0 Å². The third-order valence-corrected chi connectivity index (χ3v) is 5.80. The van der Waals surface area contributed by atoms with E-state index >= 15 is 0 Å². The molecule has 1 aliphatic carbocycles. The van der Waals surface area contributed by atoms with Crippen molar-refractivity contribution in [3.8, 4) is 11.1 Å². The van der Waals surface area contributed by atoms with Gasteiger partial charge in [-0.2, -0.15) is 0 Å². The summed E-state index contributed by atoms with van der Waals surface area (Å²) in [7, 11) is 0. The van der Waals surface area contributed by atoms with Crippen molar-refractivity contribution < 1.29 is 0 Å². The van der Waals surface area contributed by atoms with Crippen LogP contribution in [0.4, 0.5) is 0 Å². The van der Waals surface area contributed by atoms with E-state index in [4.69, 9.17) is 0 Å². The Balaban J connectivity index is 2.21. The average molecular weight is 445 g/mol. The second kappa shape index (κ2) is 10.4. The van der Waals surface area contributed by atoms with E-state index in [0.717, 1.165) is 23.7 Å². The van der Waals surface area contributed by atoms with Crippen molar-refractivity contribution in [3.05, 3.63) is 108 Å². The van der Waals surface area contributed by atoms with Crippen LogP contribution in [0.15, 0.2) is 91.6 Å². The lowest BCUT2D eigenvalue weighted by Crippen LogP contribution is -1.97. The van der Waals surface area contributed by atoms with Crippen molar-refractivity contribution in [1.82, 2.24) is 0 Å². The monoisotopic (exact) mass is 444 g/mol. The SMILES string of the molecule is C=C1/C=C\C/C=C\C(C)c2ccccc2-c2cc(C(/C=C\CCBr)=C/C)ccc21. The number of fused-ring (bicyclic) bond motifs is 3. The van der Waals surface area contributed by atoms with Crippen molar-refractivity contribution in [2.24, 2.45) is 0 Å². The van der Waals surface area contributed by atoms with Crippen molar-refractivity contribution in [3.63, 3.8) is 0 Å². The number of rotatable bonds is 4. The topological polar surface area (TPSA) is 0 Å². The van der Waals surface area contributed by atoms with E-state index in [1.807, 2.05) is 0 Å². The van der Waals surface area contributed by atoms with Crippen LogP contribution in [0.5, 0.6) is 0 Å². The highest BCUT2D eigenvalue weighted by Gasteiger charge is 2.15. The first-order valence-electron chi connectivity index (χ1n) is 10.3. The molecule has 0 aromatic heterocycles. The molecule has 0 saturated carbocycles. The molecule has 1 heteroatoms. The highest BCUT2D eigenvalue weighted by molar-refractivity contribution is 9.09. The molecule has 0 nitrogen and oxygen atoms in total. The quantitative estimate of drug-likeness (QED) is 0.251. The number of allylic oxidation sites excluding steroid dienone is 9. The Kier molecular flexibility index (Phi) is 7.66. The molecule has 1 unspecified atom stereocenters. The van der Waals surface area contributed by atoms with E-state index in [-0.39, 0.29) is 0 Å². The van der Waals surface area contributed by atoms with Gasteiger partial charge in [0.05, 0.1) is 0 Å². The van der Waals surface area contributed by atoms with Crippen molar-refractivity contribution >= 4 is 27.1 Å². The molecule has 0 spiro atoms. The Labute approximate surface area is 184 Å². The molecule has 1 aliphatic rings. The maximum absolute atomic E-state index is 4.36. The Bertz CT molecular complexity index is 985. The summed E-state index contributed by atoms with van der Waals surface area (Å²) < 4.78 is 0. The normalized spacial score (nSPS) is 19.3. The lowest BCUT2D eigenvalue weighted by molar-refractivity contribution is 0.964. The average Bonchev–Trinajstić information content (AvgIpc) is 2.77. The molecule has 1 atom stereocenters. The smallest absolute Gasteiger partial charge is 0.00660 e. The number of alkyl halides is 1. The van der Waals surface area contributed by atoms with Gasteiger partial charge in [-0.15, -0.1) is 0 Å². The predicted octanol–water partition coefficient (Wildman–Crippen LogP) is 8.73. The molecule has 0 amide bonds. The fourth-order valence-electron chi connectivity index (χ4n) is 3.76. The van der Waals surface area contributed by atoms with Gasteiger partial charge in [0.1, 0.15) is 0 Å². The number of hydrogen-bond acceptors (Lipinski definition) is 0. The van der Waals surface area contributed by atoms with Gasteiger partial charge in [-0.3, -0.25) is 0 Å². The Hall–Kier alpha value is -2.38. The molecule has 0 aliphatic heterocycles. The first-order valence-corrected chi connectivity index (χ1v) is 11.4. The standard InChI is InChI=1S/C28H29Br/c1-4-23(14-10-11-19-29)24-17-18-26-22(3)13-7-5-6-12-21(2)25-15-8-9-16-27(25)28(26)20-24/h4,6-10,12-18,20-21H,3,5,11,19H2,1-2H3/b12-6-,13-7-,14-10-,23-4+. The van der Waals surface area contributed by atoms with E-state index in [1.165, 1.54) is 33.4 Å². The van der Waals surface area contributed by atoms with Gasteiger partial charge in [-0.25, -0.2) is 0 Å². The van der Waals surface area contributed by atoms with Crippen molar-refractivity contribution in [2.45, 2.75) is 32.6 Å². The first kappa shape index (κ1) is 21.3. The molecular weight excluding hydrogens is 416 g/mol. The zero-order valence-corrected chi connectivity index (χ0v) is 19.0. The zero-order valence-electron chi connectivity index (χ0n) is 17.4. The van der Waals surface area contributed by atoms with Gasteiger partial charge in [0.2, 0.25) is 0 Å². The maximum Gasteiger partial charge on any atom is 0.00660 e. The van der Waals surface area contributed by atoms with Gasteiger partial charge in [-0.1, -0.05) is 108 Å². The van der Waals surface area contributed by atoms with Gasteiger partial charge in [0.25, 0.3) is 0 Å². The summed E-state index contributed by atoms with van der Waals surface area (Å²) in [5.74, 6) is 0.363. The maximum atomic E-state index is 4.36. The molecule has 0 saturated heterocycles. The Morgan fingerprint density at radius 2 is 1.93 bits per heavy atom. The van der Waals surface area contributed by atoms with Crippen LogP contribution >= 0.6 is 15.9 Å². The van der Waals surface area contributed by atoms with Crippen LogP contribution in [0.25, 0.3) is 22.3 Å². The fourth-order valence-corrected chi connectivity index (χ4v) is 4.03. The molecule has 0 bridgehead atoms. The fraction of sp³-hybridized carbons (Fsp3) is 0.214. The second-order valence-corrected chi connectivity index (χ2v) is 8.14. The van der Waals surface area contributed by atoms with E-state index in [9.17, 15) is 0 Å². The van der Waals surface area contributed by atoms with E-state index in [2.05, 4.69) is 121 Å². The molecule has 0 radical (unpaired) electrons. The minimum absolute atomic E-state index is 0.363. The van der Waals surface area contributed by atoms with Crippen LogP contribution in [0.2, 0.25) is 0 Å². The van der Waals surface area contributed by atoms with Crippen molar-refractivity contribution in [1.29, 1.82) is 0 Å². The number of halogens is 1. The molecule has 29 heavy (non-hydrogen) atoms. The third-order valence-electron chi connectivity index (χ3n) is 5.34. The van der Waals surface area contributed by atoms with Crippen LogP contribution < -0.4 is 0 Å². The second-order valence-electron chi connectivity index (χ2n) is 7.35. The molecule has 0 N–H and O–H groups in total. The molecule has 148 valence electrons. The summed E-state index contributed by atoms with van der Waals surface area (Å²) in [5, 5.41) is 0.982. The summed E-state index contributed by atoms with van der Waals surface area (Å²) >= 11 is 3.50. The lowest BCUT2D eigenvalue weighted by atomic mass is 9.86. The van der Waals surface area contributed by atoms with Gasteiger partial charge < -0.3 is 0 Å². The van der Waals surface area contributed by atoms with Gasteiger partial charge in [0, 0.05) is 5.33 Å². The van der Waals surface area contributed by atoms with Crippen LogP contribution in [-0.4, -0.2) is 5.33 Å². The molecule has 0 fully saturated rings. The van der Waals surface area contributed by atoms with Gasteiger partial charge in [0.15, 0.2) is 0 Å². The van der Waals surface area contributed by atoms with E-state index < -0.39 is 0 Å². The zero-order chi connectivity index (χ0) is 20.6. The summed E-state index contributed by atoms with van der Waals surface area (Å²) in [4.78, 5) is 0. The predicted molar refractivity (Wildman–Crippen MR) is 133 cm³/mol. The molecule has 3 rings (SSSR count). The number of benzene rings is 2. The van der Waals surface area contributed by atoms with E-state index in [0.29, 0.717) is 5.92 Å². The lowest BCUT2D eigenvalue weighted by Gasteiger charge is -2.18. The van der Waals surface area contributed by atoms with Crippen LogP contribution in [-0.2, 0) is 0 Å². The summed E-state index contributed by atoms with van der Waals surface area (Å²) in [5.41, 5.74) is 8.64. The third kappa shape index (κ3) is 5.16. The van der Waals surface area contributed by atoms with E-state index in [1.54, 1.807) is 0 Å². The molecule has 2 aromatic carbocycles. The summed E-state index contributed by atoms with van der Waals surface area (Å²) in [6, 6.07) is 15.5. The molecule has 0 heterocycles. The highest BCUT2D eigenvalue weighted by Crippen LogP contribution is 2.37. The van der Waals surface area contributed by atoms with Crippen LogP contribution in [0, 0.1) is 0 Å². The molecule has 2 aromatic rings. The van der Waals surface area contributed by atoms with Gasteiger partial charge in [-0.05, 0) is 70.7 Å². The first-order chi connectivity index (χ1) is 14.2. The largest absolute Gasteiger partial charge is 0.0925 e.